The maximum Gasteiger partial charge on any atom is 0.419 e. The summed E-state index contributed by atoms with van der Waals surface area (Å²) >= 11 is 0. The summed E-state index contributed by atoms with van der Waals surface area (Å²) in [6, 6.07) is 0. The predicted molar refractivity (Wildman–Crippen MR) is 61.9 cm³/mol. The van der Waals surface area contributed by atoms with Crippen molar-refractivity contribution in [2.75, 3.05) is 26.7 Å². The van der Waals surface area contributed by atoms with E-state index in [1.165, 1.54) is 23.9 Å². The lowest BCUT2D eigenvalue weighted by atomic mass is 10.5. The molecule has 98 valence electrons. The fourth-order valence-corrected chi connectivity index (χ4v) is 2.84. The first kappa shape index (κ1) is 16.5. The van der Waals surface area contributed by atoms with Crippen LogP contribution in [0.5, 0.6) is 0 Å². The van der Waals surface area contributed by atoms with E-state index in [1.807, 2.05) is 0 Å². The van der Waals surface area contributed by atoms with Gasteiger partial charge in [-0.1, -0.05) is 0 Å². The first-order chi connectivity index (χ1) is 6.92. The van der Waals surface area contributed by atoms with Crippen molar-refractivity contribution in [2.24, 2.45) is 0 Å². The van der Waals surface area contributed by atoms with E-state index < -0.39 is 22.1 Å². The molecule has 0 unspecified atom stereocenters. The quantitative estimate of drug-likeness (QED) is 0.258. The normalized spacial score (nSPS) is 14.2. The topological polar surface area (TPSA) is 128 Å². The molecule has 6 N–H and O–H groups in total. The molecule has 0 saturated heterocycles. The van der Waals surface area contributed by atoms with Crippen LogP contribution in [0.4, 0.5) is 0 Å². The van der Waals surface area contributed by atoms with Gasteiger partial charge in [-0.25, -0.2) is 0 Å². The van der Waals surface area contributed by atoms with Crippen molar-refractivity contribution in [1.82, 2.24) is 9.80 Å². The Balaban J connectivity index is 4.27. The van der Waals surface area contributed by atoms with Crippen molar-refractivity contribution in [3.8, 4) is 0 Å². The Labute approximate surface area is 95.5 Å². The molecule has 10 heteroatoms. The minimum atomic E-state index is -3.90. The molecule has 0 aromatic heterocycles. The third kappa shape index (κ3) is 7.76. The van der Waals surface area contributed by atoms with Gasteiger partial charge in [0.2, 0.25) is 0 Å². The molecule has 0 aromatic carbocycles. The molecule has 8 nitrogen and oxygen atoms in total. The molecule has 0 spiro atoms. The molecule has 0 aliphatic heterocycles. The highest BCUT2D eigenvalue weighted by atomic mass is 31.2. The van der Waals surface area contributed by atoms with Crippen LogP contribution in [0.3, 0.4) is 0 Å². The van der Waals surface area contributed by atoms with Crippen LogP contribution in [-0.4, -0.2) is 72.0 Å². The molecule has 0 saturated carbocycles. The standard InChI is InChI=1S/C6H20N2O6P2/c1-6(7(2)4-15(9,10)11)8(3)5-16(12,13)14/h6,9-14H,4-5H2,1-3H3/q+2. The van der Waals surface area contributed by atoms with Crippen LogP contribution in [0.2, 0.25) is 0 Å². The first-order valence-corrected chi connectivity index (χ1v) is 8.12. The first-order valence-electron chi connectivity index (χ1n) is 4.45. The van der Waals surface area contributed by atoms with E-state index in [2.05, 4.69) is 0 Å². The lowest BCUT2D eigenvalue weighted by Crippen LogP contribution is -2.44. The fraction of sp³-hybridized carbons (Fsp3) is 1.00. The summed E-state index contributed by atoms with van der Waals surface area (Å²) in [4.78, 5) is 56.1. The highest BCUT2D eigenvalue weighted by molar-refractivity contribution is 7.58. The van der Waals surface area contributed by atoms with Gasteiger partial charge in [0.1, 0.15) is 0 Å². The average molecular weight is 278 g/mol. The zero-order chi connectivity index (χ0) is 13.1. The number of nitrogens with zero attached hydrogens (tertiary/aromatic N) is 2. The van der Waals surface area contributed by atoms with Gasteiger partial charge in [-0.3, -0.25) is 9.80 Å². The Morgan fingerprint density at radius 3 is 1.25 bits per heavy atom. The molecule has 0 aliphatic carbocycles. The minimum absolute atomic E-state index is 0.327. The van der Waals surface area contributed by atoms with Crippen molar-refractivity contribution in [2.45, 2.75) is 13.1 Å². The Hall–Kier alpha value is 0.540. The third-order valence-corrected chi connectivity index (χ3v) is 3.75. The lowest BCUT2D eigenvalue weighted by molar-refractivity contribution is 0.112. The van der Waals surface area contributed by atoms with Gasteiger partial charge in [-0.05, 0) is 21.0 Å². The molecule has 0 atom stereocenters. The van der Waals surface area contributed by atoms with Crippen LogP contribution in [0.15, 0.2) is 0 Å². The van der Waals surface area contributed by atoms with Crippen LogP contribution < -0.4 is 0 Å². The summed E-state index contributed by atoms with van der Waals surface area (Å²) in [5.41, 5.74) is 0. The molecule has 0 aliphatic rings. The van der Waals surface area contributed by atoms with Gasteiger partial charge in [0, 0.05) is 0 Å². The monoisotopic (exact) mass is 278 g/mol. The number of hydrogen-bond donors (Lipinski definition) is 6. The maximum atomic E-state index is 8.87. The van der Waals surface area contributed by atoms with E-state index in [9.17, 15) is 0 Å². The summed E-state index contributed by atoms with van der Waals surface area (Å²) in [7, 11) is -4.73. The molecule has 0 amide bonds. The van der Waals surface area contributed by atoms with Crippen molar-refractivity contribution in [3.63, 3.8) is 0 Å². The van der Waals surface area contributed by atoms with Gasteiger partial charge in [0.05, 0.1) is 6.17 Å². The van der Waals surface area contributed by atoms with Gasteiger partial charge in [0.25, 0.3) is 0 Å². The van der Waals surface area contributed by atoms with Crippen LogP contribution in [0.1, 0.15) is 6.92 Å². The smallest absolute Gasteiger partial charge is 0.252 e. The van der Waals surface area contributed by atoms with Gasteiger partial charge in [0.15, 0.2) is 12.6 Å². The van der Waals surface area contributed by atoms with E-state index in [1.54, 1.807) is 6.92 Å². The Morgan fingerprint density at radius 1 is 0.812 bits per heavy atom. The summed E-state index contributed by atoms with van der Waals surface area (Å²) in [5.74, 6) is 0. The Kier molecular flexibility index (Phi) is 6.13. The predicted octanol–water partition coefficient (Wildman–Crippen LogP) is -1.41. The zero-order valence-corrected chi connectivity index (χ0v) is 11.3. The van der Waals surface area contributed by atoms with Crippen molar-refractivity contribution in [1.29, 1.82) is 0 Å². The molecular weight excluding hydrogens is 258 g/mol. The van der Waals surface area contributed by atoms with Crippen LogP contribution in [-0.2, 0) is 0 Å². The molecule has 0 rings (SSSR count). The Bertz CT molecular complexity index is 196. The average Bonchev–Trinajstić information content (AvgIpc) is 1.96. The fourth-order valence-electron chi connectivity index (χ4n) is 1.17. The Morgan fingerprint density at radius 2 is 1.06 bits per heavy atom. The second-order valence-electron chi connectivity index (χ2n) is 3.81. The summed E-state index contributed by atoms with van der Waals surface area (Å²) in [5, 5.41) is 0. The summed E-state index contributed by atoms with van der Waals surface area (Å²) in [6.07, 6.45) is -1.06. The zero-order valence-electron chi connectivity index (χ0n) is 9.46. The third-order valence-electron chi connectivity index (χ3n) is 2.10. The molecule has 0 bridgehead atoms. The summed E-state index contributed by atoms with van der Waals surface area (Å²) < 4.78 is 0. The number of hydrogen-bond acceptors (Lipinski definition) is 8. The van der Waals surface area contributed by atoms with E-state index in [-0.39, 0.29) is 12.6 Å². The second kappa shape index (κ2) is 5.93. The maximum absolute atomic E-state index is 8.87. The van der Waals surface area contributed by atoms with Crippen LogP contribution in [0, 0.1) is 0 Å². The van der Waals surface area contributed by atoms with Crippen molar-refractivity contribution >= 4 is 15.9 Å². The van der Waals surface area contributed by atoms with Crippen molar-refractivity contribution in [3.05, 3.63) is 0 Å². The van der Waals surface area contributed by atoms with E-state index >= 15 is 0 Å². The summed E-state index contributed by atoms with van der Waals surface area (Å²) in [6.45, 7) is 1.66. The lowest BCUT2D eigenvalue weighted by Gasteiger charge is -2.30. The molecule has 0 radical (unpaired) electrons. The van der Waals surface area contributed by atoms with Crippen molar-refractivity contribution < 1.29 is 29.4 Å². The molecule has 0 aromatic rings. The minimum Gasteiger partial charge on any atom is -0.252 e. The number of rotatable bonds is 6. The van der Waals surface area contributed by atoms with Crippen LogP contribution in [0.25, 0.3) is 0 Å². The van der Waals surface area contributed by atoms with E-state index in [4.69, 9.17) is 29.4 Å². The van der Waals surface area contributed by atoms with E-state index in [0.29, 0.717) is 0 Å². The molecule has 0 heterocycles. The molecule has 0 fully saturated rings. The SMILES string of the molecule is CC(N(C)C[P+](O)(O)O)N(C)C[P+](O)(O)O. The molecular formula is C6H20N2O6P2+2. The second-order valence-corrected chi connectivity index (χ2v) is 7.15. The van der Waals surface area contributed by atoms with Gasteiger partial charge in [-0.15, -0.1) is 0 Å². The molecule has 16 heavy (non-hydrogen) atoms. The highest BCUT2D eigenvalue weighted by Gasteiger charge is 2.38. The van der Waals surface area contributed by atoms with Gasteiger partial charge in [-0.2, -0.15) is 29.4 Å². The van der Waals surface area contributed by atoms with E-state index in [0.717, 1.165) is 0 Å². The van der Waals surface area contributed by atoms with Gasteiger partial charge >= 0.3 is 15.9 Å². The highest BCUT2D eigenvalue weighted by Crippen LogP contribution is 2.46. The van der Waals surface area contributed by atoms with Crippen LogP contribution >= 0.6 is 15.9 Å². The largest absolute Gasteiger partial charge is 0.419 e. The van der Waals surface area contributed by atoms with Gasteiger partial charge < -0.3 is 0 Å².